The molecule has 1 unspecified atom stereocenters. The molecular weight excluding hydrogens is 467 g/mol. The standard InChI is InChI=1S/C24H38F3N3O3S/c1-5-6-7-13-30(34(32,33)21-10-8-9-19(17-21)24(25,26)27)20-11-14-29(15-12-20)23(31)22(28-4)16-18(2)3/h8-10,17-18,20,22,28H,5-7,11-16H2,1-4H3. The van der Waals surface area contributed by atoms with Crippen LogP contribution < -0.4 is 5.32 Å². The minimum Gasteiger partial charge on any atom is -0.341 e. The quantitative estimate of drug-likeness (QED) is 0.449. The van der Waals surface area contributed by atoms with E-state index in [2.05, 4.69) is 19.2 Å². The normalized spacial score (nSPS) is 16.9. The second-order valence-electron chi connectivity index (χ2n) is 9.38. The fourth-order valence-electron chi connectivity index (χ4n) is 4.39. The topological polar surface area (TPSA) is 69.7 Å². The molecule has 1 amide bonds. The summed E-state index contributed by atoms with van der Waals surface area (Å²) in [6.07, 6.45) is -0.657. The van der Waals surface area contributed by atoms with E-state index in [1.807, 2.05) is 6.92 Å². The Bertz CT molecular complexity index is 898. The summed E-state index contributed by atoms with van der Waals surface area (Å²) in [5, 5.41) is 3.07. The zero-order valence-corrected chi connectivity index (χ0v) is 21.4. The first-order valence-corrected chi connectivity index (χ1v) is 13.5. The summed E-state index contributed by atoms with van der Waals surface area (Å²) in [5.74, 6) is 0.360. The number of sulfonamides is 1. The maximum atomic E-state index is 13.5. The van der Waals surface area contributed by atoms with E-state index in [1.54, 1.807) is 11.9 Å². The number of rotatable bonds is 11. The van der Waals surface area contributed by atoms with Gasteiger partial charge < -0.3 is 10.2 Å². The highest BCUT2D eigenvalue weighted by Gasteiger charge is 2.37. The molecule has 0 aromatic heterocycles. The maximum absolute atomic E-state index is 13.5. The minimum absolute atomic E-state index is 0.00733. The molecule has 6 nitrogen and oxygen atoms in total. The van der Waals surface area contributed by atoms with E-state index in [1.165, 1.54) is 10.4 Å². The largest absolute Gasteiger partial charge is 0.416 e. The van der Waals surface area contributed by atoms with Crippen LogP contribution in [0.4, 0.5) is 13.2 Å². The van der Waals surface area contributed by atoms with E-state index in [4.69, 9.17) is 0 Å². The third-order valence-electron chi connectivity index (χ3n) is 6.29. The minimum atomic E-state index is -4.62. The number of nitrogens with one attached hydrogen (secondary N) is 1. The number of carbonyl (C=O) groups is 1. The number of amides is 1. The average molecular weight is 506 g/mol. The van der Waals surface area contributed by atoms with Crippen LogP contribution in [-0.4, -0.2) is 62.3 Å². The van der Waals surface area contributed by atoms with Crippen molar-refractivity contribution >= 4 is 15.9 Å². The number of halogens is 3. The molecule has 0 saturated carbocycles. The van der Waals surface area contributed by atoms with Crippen LogP contribution in [0.3, 0.4) is 0 Å². The molecule has 2 rings (SSSR count). The fourth-order valence-corrected chi connectivity index (χ4v) is 6.16. The van der Waals surface area contributed by atoms with Gasteiger partial charge in [-0.3, -0.25) is 4.79 Å². The predicted octanol–water partition coefficient (Wildman–Crippen LogP) is 4.51. The van der Waals surface area contributed by atoms with Crippen LogP contribution in [-0.2, 0) is 21.0 Å². The maximum Gasteiger partial charge on any atom is 0.416 e. The van der Waals surface area contributed by atoms with Gasteiger partial charge in [-0.15, -0.1) is 0 Å². The number of nitrogens with zero attached hydrogens (tertiary/aromatic N) is 2. The van der Waals surface area contributed by atoms with Crippen LogP contribution in [0.5, 0.6) is 0 Å². The van der Waals surface area contributed by atoms with Crippen molar-refractivity contribution in [3.8, 4) is 0 Å². The Kier molecular flexibility index (Phi) is 10.4. The Morgan fingerprint density at radius 1 is 1.21 bits per heavy atom. The second-order valence-corrected chi connectivity index (χ2v) is 11.3. The van der Waals surface area contributed by atoms with Gasteiger partial charge >= 0.3 is 6.18 Å². The van der Waals surface area contributed by atoms with Gasteiger partial charge in [-0.1, -0.05) is 39.7 Å². The Morgan fingerprint density at radius 3 is 2.38 bits per heavy atom. The van der Waals surface area contributed by atoms with E-state index in [0.29, 0.717) is 50.8 Å². The molecule has 0 spiro atoms. The average Bonchev–Trinajstić information content (AvgIpc) is 2.79. The van der Waals surface area contributed by atoms with Gasteiger partial charge in [-0.2, -0.15) is 17.5 Å². The molecule has 1 aliphatic rings. The molecule has 1 heterocycles. The van der Waals surface area contributed by atoms with E-state index < -0.39 is 21.8 Å². The summed E-state index contributed by atoms with van der Waals surface area (Å²) in [7, 11) is -2.36. The lowest BCUT2D eigenvalue weighted by Gasteiger charge is -2.39. The van der Waals surface area contributed by atoms with Crippen molar-refractivity contribution < 1.29 is 26.4 Å². The number of unbranched alkanes of at least 4 members (excludes halogenated alkanes) is 2. The summed E-state index contributed by atoms with van der Waals surface area (Å²) >= 11 is 0. The molecule has 1 N–H and O–H groups in total. The van der Waals surface area contributed by atoms with Gasteiger partial charge in [0.05, 0.1) is 16.5 Å². The van der Waals surface area contributed by atoms with E-state index >= 15 is 0 Å². The van der Waals surface area contributed by atoms with Gasteiger partial charge in [0.1, 0.15) is 0 Å². The number of carbonyl (C=O) groups excluding carboxylic acids is 1. The highest BCUT2D eigenvalue weighted by atomic mass is 32.2. The van der Waals surface area contributed by atoms with Gasteiger partial charge in [0.25, 0.3) is 0 Å². The molecule has 34 heavy (non-hydrogen) atoms. The van der Waals surface area contributed by atoms with Crippen molar-refractivity contribution in [1.29, 1.82) is 0 Å². The van der Waals surface area contributed by atoms with E-state index in [0.717, 1.165) is 25.0 Å². The first-order chi connectivity index (χ1) is 15.9. The van der Waals surface area contributed by atoms with Crippen molar-refractivity contribution in [2.24, 2.45) is 5.92 Å². The Morgan fingerprint density at radius 2 is 1.85 bits per heavy atom. The van der Waals surface area contributed by atoms with Crippen molar-refractivity contribution in [3.63, 3.8) is 0 Å². The van der Waals surface area contributed by atoms with Crippen LogP contribution in [0.25, 0.3) is 0 Å². The molecule has 194 valence electrons. The molecule has 1 atom stereocenters. The highest BCUT2D eigenvalue weighted by Crippen LogP contribution is 2.32. The SMILES string of the molecule is CCCCCN(C1CCN(C(=O)C(CC(C)C)NC)CC1)S(=O)(=O)c1cccc(C(F)(F)F)c1. The molecule has 0 bridgehead atoms. The van der Waals surface area contributed by atoms with E-state index in [9.17, 15) is 26.4 Å². The van der Waals surface area contributed by atoms with Crippen LogP contribution >= 0.6 is 0 Å². The van der Waals surface area contributed by atoms with Crippen molar-refractivity contribution in [2.75, 3.05) is 26.7 Å². The Labute approximate surface area is 201 Å². The molecule has 1 aromatic carbocycles. The molecule has 1 fully saturated rings. The van der Waals surface area contributed by atoms with Crippen molar-refractivity contribution in [1.82, 2.24) is 14.5 Å². The second kappa shape index (κ2) is 12.4. The molecule has 0 aliphatic carbocycles. The zero-order chi connectivity index (χ0) is 25.5. The molecule has 1 aromatic rings. The third-order valence-corrected chi connectivity index (χ3v) is 8.23. The summed E-state index contributed by atoms with van der Waals surface area (Å²) in [4.78, 5) is 14.3. The van der Waals surface area contributed by atoms with Crippen LogP contribution in [0.2, 0.25) is 0 Å². The smallest absolute Gasteiger partial charge is 0.341 e. The Hall–Kier alpha value is -1.65. The summed E-state index contributed by atoms with van der Waals surface area (Å²) in [6.45, 7) is 7.19. The molecule has 1 saturated heterocycles. The summed E-state index contributed by atoms with van der Waals surface area (Å²) in [6, 6.07) is 3.29. The van der Waals surface area contributed by atoms with Gasteiger partial charge in [0.15, 0.2) is 0 Å². The first-order valence-electron chi connectivity index (χ1n) is 12.1. The van der Waals surface area contributed by atoms with Gasteiger partial charge in [-0.25, -0.2) is 8.42 Å². The molecule has 1 aliphatic heterocycles. The lowest BCUT2D eigenvalue weighted by molar-refractivity contribution is -0.137. The van der Waals surface area contributed by atoms with Gasteiger partial charge in [-0.05, 0) is 56.8 Å². The van der Waals surface area contributed by atoms with Crippen LogP contribution in [0, 0.1) is 5.92 Å². The van der Waals surface area contributed by atoms with Crippen LogP contribution in [0.1, 0.15) is 64.9 Å². The van der Waals surface area contributed by atoms with E-state index in [-0.39, 0.29) is 29.4 Å². The molecule has 0 radical (unpaired) electrons. The number of alkyl halides is 3. The predicted molar refractivity (Wildman–Crippen MR) is 127 cm³/mol. The molecular formula is C24H38F3N3O3S. The van der Waals surface area contributed by atoms with Gasteiger partial charge in [0, 0.05) is 25.7 Å². The number of likely N-dealkylation sites (tertiary alicyclic amines) is 1. The fraction of sp³-hybridized carbons (Fsp3) is 0.708. The first kappa shape index (κ1) is 28.6. The van der Waals surface area contributed by atoms with Crippen molar-refractivity contribution in [2.45, 2.75) is 82.5 Å². The highest BCUT2D eigenvalue weighted by molar-refractivity contribution is 7.89. The summed E-state index contributed by atoms with van der Waals surface area (Å²) < 4.78 is 67.9. The Balaban J connectivity index is 2.22. The number of hydrogen-bond acceptors (Lipinski definition) is 4. The van der Waals surface area contributed by atoms with Gasteiger partial charge in [0.2, 0.25) is 15.9 Å². The number of benzene rings is 1. The number of piperidine rings is 1. The summed E-state index contributed by atoms with van der Waals surface area (Å²) in [5.41, 5.74) is -0.981. The lowest BCUT2D eigenvalue weighted by Crippen LogP contribution is -2.53. The third kappa shape index (κ3) is 7.42. The molecule has 10 heteroatoms. The monoisotopic (exact) mass is 505 g/mol. The zero-order valence-electron chi connectivity index (χ0n) is 20.6. The van der Waals surface area contributed by atoms with Crippen molar-refractivity contribution in [3.05, 3.63) is 29.8 Å². The van der Waals surface area contributed by atoms with Crippen LogP contribution in [0.15, 0.2) is 29.2 Å². The lowest BCUT2D eigenvalue weighted by atomic mass is 10.00. The number of hydrogen-bond donors (Lipinski definition) is 1. The number of likely N-dealkylation sites (N-methyl/N-ethyl adjacent to an activating group) is 1.